The fraction of sp³-hybridized carbons (Fsp3) is 0.302. The lowest BCUT2D eigenvalue weighted by Gasteiger charge is -2.40. The maximum atomic E-state index is 14.2. The molecule has 1 aliphatic heterocycles. The summed E-state index contributed by atoms with van der Waals surface area (Å²) in [6.45, 7) is 2.43. The van der Waals surface area contributed by atoms with Crippen LogP contribution in [0.2, 0.25) is 0 Å². The summed E-state index contributed by atoms with van der Waals surface area (Å²) in [5, 5.41) is 3.48. The fourth-order valence-corrected chi connectivity index (χ4v) is 8.38. The zero-order chi connectivity index (χ0) is 31.7. The van der Waals surface area contributed by atoms with Gasteiger partial charge < -0.3 is 15.1 Å². The summed E-state index contributed by atoms with van der Waals surface area (Å²) in [6, 6.07) is 35.6. The molecule has 0 radical (unpaired) electrons. The number of alkyl halides is 1. The molecule has 1 N–H and O–H groups in total. The first kappa shape index (κ1) is 29.8. The van der Waals surface area contributed by atoms with Crippen LogP contribution >= 0.6 is 0 Å². The Morgan fingerprint density at radius 3 is 2.26 bits per heavy atom. The van der Waals surface area contributed by atoms with Gasteiger partial charge in [-0.1, -0.05) is 74.0 Å². The lowest BCUT2D eigenvalue weighted by molar-refractivity contribution is 0.285. The summed E-state index contributed by atoms with van der Waals surface area (Å²) in [5.41, 5.74) is 12.5. The van der Waals surface area contributed by atoms with Crippen molar-refractivity contribution in [1.82, 2.24) is 0 Å². The summed E-state index contributed by atoms with van der Waals surface area (Å²) in [7, 11) is 0. The van der Waals surface area contributed by atoms with Gasteiger partial charge >= 0.3 is 0 Å². The van der Waals surface area contributed by atoms with E-state index in [0.29, 0.717) is 30.7 Å². The number of hydrogen-bond acceptors (Lipinski definition) is 3. The first-order valence-corrected chi connectivity index (χ1v) is 17.6. The second-order valence-electron chi connectivity index (χ2n) is 13.8. The third-order valence-electron chi connectivity index (χ3n) is 10.7. The van der Waals surface area contributed by atoms with Crippen molar-refractivity contribution < 1.29 is 4.39 Å². The van der Waals surface area contributed by atoms with Gasteiger partial charge in [-0.05, 0) is 128 Å². The van der Waals surface area contributed by atoms with Crippen molar-refractivity contribution in [3.05, 3.63) is 138 Å². The van der Waals surface area contributed by atoms with Crippen LogP contribution in [0.5, 0.6) is 0 Å². The van der Waals surface area contributed by atoms with E-state index in [1.807, 2.05) is 18.2 Å². The molecule has 4 aromatic carbocycles. The van der Waals surface area contributed by atoms with Crippen molar-refractivity contribution >= 4 is 28.4 Å². The molecule has 4 unspecified atom stereocenters. The predicted octanol–water partition coefficient (Wildman–Crippen LogP) is 12.0. The molecular weight excluding hydrogens is 577 g/mol. The van der Waals surface area contributed by atoms with Crippen molar-refractivity contribution in [2.24, 2.45) is 5.92 Å². The van der Waals surface area contributed by atoms with Crippen LogP contribution in [0.1, 0.15) is 69.8 Å². The molecule has 238 valence electrons. The van der Waals surface area contributed by atoms with E-state index in [1.165, 1.54) is 64.4 Å². The number of hydrogen-bond donors (Lipinski definition) is 1. The largest absolute Gasteiger partial charge is 0.356 e. The predicted molar refractivity (Wildman–Crippen MR) is 195 cm³/mol. The highest BCUT2D eigenvalue weighted by Gasteiger charge is 2.45. The number of nitrogens with one attached hydrogen (secondary N) is 1. The number of benzene rings is 4. The molecule has 0 saturated heterocycles. The summed E-state index contributed by atoms with van der Waals surface area (Å²) < 4.78 is 14.2. The van der Waals surface area contributed by atoms with E-state index in [9.17, 15) is 4.39 Å². The van der Waals surface area contributed by atoms with Crippen LogP contribution in [0.3, 0.4) is 0 Å². The summed E-state index contributed by atoms with van der Waals surface area (Å²) in [6.07, 6.45) is 16.1. The Morgan fingerprint density at radius 2 is 1.53 bits per heavy atom. The van der Waals surface area contributed by atoms with Gasteiger partial charge in [-0.2, -0.15) is 0 Å². The van der Waals surface area contributed by atoms with E-state index in [0.717, 1.165) is 30.6 Å². The number of halogens is 1. The number of para-hydroxylation sites is 1. The van der Waals surface area contributed by atoms with Gasteiger partial charge in [0, 0.05) is 51.8 Å². The smallest absolute Gasteiger partial charge is 0.104 e. The van der Waals surface area contributed by atoms with E-state index < -0.39 is 6.17 Å². The van der Waals surface area contributed by atoms with Crippen molar-refractivity contribution in [3.63, 3.8) is 0 Å². The van der Waals surface area contributed by atoms with Crippen molar-refractivity contribution in [2.45, 2.75) is 76.4 Å². The Balaban J connectivity index is 1.11. The SMILES string of the molecule is CC1CCCC2c3cc(N(C4=CC=CCC4)c4ccc(-c5ccc(Nc6ccccc6)cc5)cc4)ccc3N(C3=CCC(F)CC3)C12. The molecule has 1 saturated carbocycles. The van der Waals surface area contributed by atoms with Gasteiger partial charge in [-0.25, -0.2) is 4.39 Å². The molecule has 3 aliphatic carbocycles. The Kier molecular flexibility index (Phi) is 8.19. The normalized spacial score (nSPS) is 23.4. The van der Waals surface area contributed by atoms with Crippen LogP contribution in [-0.4, -0.2) is 12.2 Å². The van der Waals surface area contributed by atoms with E-state index in [4.69, 9.17) is 0 Å². The number of nitrogens with zero attached hydrogens (tertiary/aromatic N) is 2. The molecule has 4 aliphatic rings. The van der Waals surface area contributed by atoms with E-state index in [2.05, 4.69) is 125 Å². The minimum atomic E-state index is -0.698. The van der Waals surface area contributed by atoms with Crippen LogP contribution in [0, 0.1) is 5.92 Å². The van der Waals surface area contributed by atoms with Crippen LogP contribution in [0.4, 0.5) is 32.8 Å². The van der Waals surface area contributed by atoms with E-state index in [1.54, 1.807) is 0 Å². The number of rotatable bonds is 7. The van der Waals surface area contributed by atoms with Gasteiger partial charge in [0.05, 0.1) is 0 Å². The Labute approximate surface area is 279 Å². The highest BCUT2D eigenvalue weighted by atomic mass is 19.1. The second kappa shape index (κ2) is 12.9. The molecule has 1 fully saturated rings. The quantitative estimate of drug-likeness (QED) is 0.221. The molecule has 0 aromatic heterocycles. The topological polar surface area (TPSA) is 18.5 Å². The molecule has 1 heterocycles. The molecule has 0 amide bonds. The molecule has 4 heteroatoms. The third kappa shape index (κ3) is 5.91. The molecule has 47 heavy (non-hydrogen) atoms. The summed E-state index contributed by atoms with van der Waals surface area (Å²) >= 11 is 0. The number of fused-ring (bicyclic) bond motifs is 3. The van der Waals surface area contributed by atoms with Crippen molar-refractivity contribution in [3.8, 4) is 11.1 Å². The Hall–Kier alpha value is -4.57. The van der Waals surface area contributed by atoms with Gasteiger partial charge in [0.1, 0.15) is 6.17 Å². The monoisotopic (exact) mass is 621 g/mol. The average molecular weight is 622 g/mol. The van der Waals surface area contributed by atoms with Gasteiger partial charge in [0.25, 0.3) is 0 Å². The standard InChI is InChI=1S/C43H44FN3/c1-30-9-8-14-40-41-29-39(27-28-42(41)47(43(30)40)38-25-19-33(44)20-26-38)46(36-12-6-3-7-13-36)37-23-17-32(18-24-37)31-15-21-35(22-16-31)45-34-10-4-2-5-11-34/h2-6,10-12,15-18,21-25,27-30,33,40,43,45H,7-9,13-14,19-20,26H2,1H3. The second-order valence-corrected chi connectivity index (χ2v) is 13.8. The van der Waals surface area contributed by atoms with Crippen LogP contribution in [0.25, 0.3) is 11.1 Å². The Morgan fingerprint density at radius 1 is 0.787 bits per heavy atom. The van der Waals surface area contributed by atoms with Gasteiger partial charge in [-0.15, -0.1) is 0 Å². The highest BCUT2D eigenvalue weighted by Crippen LogP contribution is 2.53. The number of anilines is 5. The molecule has 3 nitrogen and oxygen atoms in total. The fourth-order valence-electron chi connectivity index (χ4n) is 8.38. The zero-order valence-corrected chi connectivity index (χ0v) is 27.3. The molecule has 4 atom stereocenters. The van der Waals surface area contributed by atoms with Crippen LogP contribution < -0.4 is 15.1 Å². The van der Waals surface area contributed by atoms with Crippen LogP contribution in [-0.2, 0) is 0 Å². The van der Waals surface area contributed by atoms with E-state index >= 15 is 0 Å². The highest BCUT2D eigenvalue weighted by molar-refractivity contribution is 5.78. The molecular formula is C43H44FN3. The van der Waals surface area contributed by atoms with Crippen LogP contribution in [0.15, 0.2) is 133 Å². The average Bonchev–Trinajstić information content (AvgIpc) is 3.45. The van der Waals surface area contributed by atoms with Gasteiger partial charge in [0.2, 0.25) is 0 Å². The number of allylic oxidation sites excluding steroid dienone is 6. The van der Waals surface area contributed by atoms with Crippen molar-refractivity contribution in [2.75, 3.05) is 15.1 Å². The first-order valence-electron chi connectivity index (χ1n) is 17.6. The van der Waals surface area contributed by atoms with E-state index in [-0.39, 0.29) is 0 Å². The minimum absolute atomic E-state index is 0.468. The lowest BCUT2D eigenvalue weighted by atomic mass is 9.76. The van der Waals surface area contributed by atoms with Gasteiger partial charge in [-0.3, -0.25) is 0 Å². The van der Waals surface area contributed by atoms with Gasteiger partial charge in [0.15, 0.2) is 0 Å². The minimum Gasteiger partial charge on any atom is -0.356 e. The summed E-state index contributed by atoms with van der Waals surface area (Å²) in [4.78, 5) is 5.10. The zero-order valence-electron chi connectivity index (χ0n) is 27.3. The lowest BCUT2D eigenvalue weighted by Crippen LogP contribution is -2.41. The first-order chi connectivity index (χ1) is 23.1. The summed E-state index contributed by atoms with van der Waals surface area (Å²) in [5.74, 6) is 1.13. The Bertz CT molecular complexity index is 1800. The molecule has 0 spiro atoms. The molecule has 4 aromatic rings. The molecule has 8 rings (SSSR count). The maximum Gasteiger partial charge on any atom is 0.104 e. The van der Waals surface area contributed by atoms with Crippen molar-refractivity contribution in [1.29, 1.82) is 0 Å². The maximum absolute atomic E-state index is 14.2. The third-order valence-corrected chi connectivity index (χ3v) is 10.7. The molecule has 0 bridgehead atoms.